The van der Waals surface area contributed by atoms with Crippen molar-refractivity contribution in [2.75, 3.05) is 6.54 Å². The molecule has 1 aromatic carbocycles. The van der Waals surface area contributed by atoms with Crippen molar-refractivity contribution in [3.05, 3.63) is 29.8 Å². The molecular formula is C21H30N4O8. The van der Waals surface area contributed by atoms with Crippen LogP contribution in [0.4, 0.5) is 0 Å². The number of nitrogens with two attached hydrogens (primary N) is 1. The van der Waals surface area contributed by atoms with Crippen molar-refractivity contribution in [2.24, 2.45) is 11.7 Å². The molecule has 0 saturated carbocycles. The van der Waals surface area contributed by atoms with E-state index in [1.165, 1.54) is 24.3 Å². The van der Waals surface area contributed by atoms with Gasteiger partial charge in [0.05, 0.1) is 19.0 Å². The van der Waals surface area contributed by atoms with E-state index in [1.807, 2.05) is 6.92 Å². The normalized spacial score (nSPS) is 14.3. The van der Waals surface area contributed by atoms with E-state index in [1.54, 1.807) is 6.92 Å². The van der Waals surface area contributed by atoms with Gasteiger partial charge in [-0.1, -0.05) is 32.4 Å². The fraction of sp³-hybridized carbons (Fsp3) is 0.476. The van der Waals surface area contributed by atoms with Crippen LogP contribution in [-0.2, 0) is 30.4 Å². The van der Waals surface area contributed by atoms with Crippen molar-refractivity contribution in [1.82, 2.24) is 16.0 Å². The number of nitrogens with one attached hydrogen (secondary N) is 3. The highest BCUT2D eigenvalue weighted by atomic mass is 16.4. The minimum Gasteiger partial charge on any atom is -0.508 e. The molecule has 8 N–H and O–H groups in total. The van der Waals surface area contributed by atoms with Gasteiger partial charge in [-0.25, -0.2) is 4.79 Å². The fourth-order valence-corrected chi connectivity index (χ4v) is 2.77. The number of carboxylic acids is 2. The van der Waals surface area contributed by atoms with E-state index in [-0.39, 0.29) is 18.1 Å². The summed E-state index contributed by atoms with van der Waals surface area (Å²) in [5.41, 5.74) is 6.34. The number of phenols is 1. The molecule has 0 heterocycles. The summed E-state index contributed by atoms with van der Waals surface area (Å²) in [6, 6.07) is 1.94. The molecule has 0 saturated heterocycles. The van der Waals surface area contributed by atoms with Crippen molar-refractivity contribution < 1.29 is 39.3 Å². The summed E-state index contributed by atoms with van der Waals surface area (Å²) in [7, 11) is 0. The predicted molar refractivity (Wildman–Crippen MR) is 116 cm³/mol. The van der Waals surface area contributed by atoms with Crippen LogP contribution in [0.2, 0.25) is 0 Å². The second-order valence-corrected chi connectivity index (χ2v) is 7.62. The Morgan fingerprint density at radius 2 is 1.58 bits per heavy atom. The third kappa shape index (κ3) is 9.56. The number of aromatic hydroxyl groups is 1. The number of phenolic OH excluding ortho intramolecular Hbond substituents is 1. The monoisotopic (exact) mass is 466 g/mol. The maximum absolute atomic E-state index is 12.7. The van der Waals surface area contributed by atoms with E-state index in [0.29, 0.717) is 12.0 Å². The van der Waals surface area contributed by atoms with Crippen LogP contribution in [0.15, 0.2) is 24.3 Å². The second-order valence-electron chi connectivity index (χ2n) is 7.62. The number of aliphatic carboxylic acids is 2. The zero-order valence-electron chi connectivity index (χ0n) is 18.4. The summed E-state index contributed by atoms with van der Waals surface area (Å²) in [5.74, 6) is -5.29. The summed E-state index contributed by atoms with van der Waals surface area (Å²) in [6.45, 7) is 3.18. The minimum absolute atomic E-state index is 0.0171. The molecule has 0 aliphatic carbocycles. The van der Waals surface area contributed by atoms with Gasteiger partial charge in [0.1, 0.15) is 17.8 Å². The molecule has 3 amide bonds. The Morgan fingerprint density at radius 3 is 2.09 bits per heavy atom. The zero-order chi connectivity index (χ0) is 25.1. The summed E-state index contributed by atoms with van der Waals surface area (Å²) < 4.78 is 0. The van der Waals surface area contributed by atoms with Crippen LogP contribution in [0.1, 0.15) is 32.3 Å². The van der Waals surface area contributed by atoms with E-state index in [9.17, 15) is 29.1 Å². The van der Waals surface area contributed by atoms with Gasteiger partial charge in [0.15, 0.2) is 0 Å². The molecular weight excluding hydrogens is 436 g/mol. The maximum atomic E-state index is 12.7. The maximum Gasteiger partial charge on any atom is 0.326 e. The molecule has 12 heteroatoms. The van der Waals surface area contributed by atoms with E-state index >= 15 is 0 Å². The van der Waals surface area contributed by atoms with Crippen LogP contribution in [0.3, 0.4) is 0 Å². The van der Waals surface area contributed by atoms with Gasteiger partial charge in [-0.3, -0.25) is 19.2 Å². The van der Waals surface area contributed by atoms with Crippen molar-refractivity contribution in [3.8, 4) is 5.75 Å². The van der Waals surface area contributed by atoms with Gasteiger partial charge in [-0.2, -0.15) is 0 Å². The minimum atomic E-state index is -1.71. The quantitative estimate of drug-likeness (QED) is 0.189. The lowest BCUT2D eigenvalue weighted by Gasteiger charge is -2.22. The standard InChI is InChI=1S/C21H30N4O8/c1-3-11(2)18(22)20(31)23-10-16(27)24-14(8-12-4-6-13(26)7-5-12)19(30)25-15(21(32)33)9-17(28)29/h4-7,11,14-15,18,26H,3,8-10,22H2,1-2H3,(H,23,31)(H,24,27)(H,25,30)(H,28,29)(H,32,33). The summed E-state index contributed by atoms with van der Waals surface area (Å²) in [4.78, 5) is 59.3. The molecule has 0 aliphatic rings. The van der Waals surface area contributed by atoms with E-state index < -0.39 is 60.8 Å². The Bertz CT molecular complexity index is 858. The predicted octanol–water partition coefficient (Wildman–Crippen LogP) is -1.05. The first-order chi connectivity index (χ1) is 15.4. The number of carboxylic acid groups (broad SMARTS) is 2. The molecule has 182 valence electrons. The SMILES string of the molecule is CCC(C)C(N)C(=O)NCC(=O)NC(Cc1ccc(O)cc1)C(=O)NC(CC(=O)O)C(=O)O. The van der Waals surface area contributed by atoms with Gasteiger partial charge in [0.2, 0.25) is 17.7 Å². The Kier molecular flexibility index (Phi) is 10.8. The van der Waals surface area contributed by atoms with Gasteiger partial charge in [-0.05, 0) is 23.6 Å². The van der Waals surface area contributed by atoms with Gasteiger partial charge in [-0.15, -0.1) is 0 Å². The summed E-state index contributed by atoms with van der Waals surface area (Å²) in [5, 5.41) is 34.3. The Hall–Kier alpha value is -3.67. The topological polar surface area (TPSA) is 208 Å². The third-order valence-corrected chi connectivity index (χ3v) is 5.00. The molecule has 1 rings (SSSR count). The smallest absolute Gasteiger partial charge is 0.326 e. The second kappa shape index (κ2) is 13.0. The zero-order valence-corrected chi connectivity index (χ0v) is 18.4. The number of amides is 3. The van der Waals surface area contributed by atoms with E-state index in [4.69, 9.17) is 15.9 Å². The number of hydrogen-bond donors (Lipinski definition) is 7. The highest BCUT2D eigenvalue weighted by Crippen LogP contribution is 2.12. The Balaban J connectivity index is 2.90. The molecule has 0 bridgehead atoms. The van der Waals surface area contributed by atoms with Gasteiger partial charge in [0.25, 0.3) is 0 Å². The van der Waals surface area contributed by atoms with Crippen LogP contribution in [0.25, 0.3) is 0 Å². The fourth-order valence-electron chi connectivity index (χ4n) is 2.77. The van der Waals surface area contributed by atoms with Crippen molar-refractivity contribution in [2.45, 2.75) is 51.2 Å². The lowest BCUT2D eigenvalue weighted by molar-refractivity contribution is -0.147. The lowest BCUT2D eigenvalue weighted by atomic mass is 9.99. The van der Waals surface area contributed by atoms with E-state index in [2.05, 4.69) is 16.0 Å². The van der Waals surface area contributed by atoms with Crippen molar-refractivity contribution in [1.29, 1.82) is 0 Å². The van der Waals surface area contributed by atoms with Crippen molar-refractivity contribution in [3.63, 3.8) is 0 Å². The lowest BCUT2D eigenvalue weighted by Crippen LogP contribution is -2.55. The molecule has 4 unspecified atom stereocenters. The molecule has 1 aromatic rings. The van der Waals surface area contributed by atoms with Crippen LogP contribution in [0, 0.1) is 5.92 Å². The molecule has 0 aliphatic heterocycles. The molecule has 0 fully saturated rings. The average Bonchev–Trinajstić information content (AvgIpc) is 2.76. The molecule has 4 atom stereocenters. The first-order valence-electron chi connectivity index (χ1n) is 10.3. The Labute approximate surface area is 190 Å². The van der Waals surface area contributed by atoms with Crippen LogP contribution >= 0.6 is 0 Å². The highest BCUT2D eigenvalue weighted by molar-refractivity contribution is 5.93. The summed E-state index contributed by atoms with van der Waals surface area (Å²) in [6.07, 6.45) is -0.279. The van der Waals surface area contributed by atoms with Gasteiger partial charge < -0.3 is 37.0 Å². The van der Waals surface area contributed by atoms with Crippen molar-refractivity contribution >= 4 is 29.7 Å². The number of hydrogen-bond acceptors (Lipinski definition) is 7. The van der Waals surface area contributed by atoms with Crippen LogP contribution in [0.5, 0.6) is 5.75 Å². The highest BCUT2D eigenvalue weighted by Gasteiger charge is 2.29. The van der Waals surface area contributed by atoms with Gasteiger partial charge >= 0.3 is 11.9 Å². The van der Waals surface area contributed by atoms with Gasteiger partial charge in [0, 0.05) is 6.42 Å². The number of carbonyl (C=O) groups is 5. The van der Waals surface area contributed by atoms with Crippen LogP contribution in [-0.4, -0.2) is 69.7 Å². The average molecular weight is 466 g/mol. The molecule has 0 radical (unpaired) electrons. The molecule has 0 aromatic heterocycles. The third-order valence-electron chi connectivity index (χ3n) is 5.00. The number of rotatable bonds is 13. The molecule has 12 nitrogen and oxygen atoms in total. The number of benzene rings is 1. The number of carbonyl (C=O) groups excluding carboxylic acids is 3. The first kappa shape index (κ1) is 27.4. The molecule has 0 spiro atoms. The van der Waals surface area contributed by atoms with Crippen LogP contribution < -0.4 is 21.7 Å². The largest absolute Gasteiger partial charge is 0.508 e. The summed E-state index contributed by atoms with van der Waals surface area (Å²) >= 11 is 0. The molecule has 33 heavy (non-hydrogen) atoms. The van der Waals surface area contributed by atoms with E-state index in [0.717, 1.165) is 0 Å². The Morgan fingerprint density at radius 1 is 0.970 bits per heavy atom. The first-order valence-corrected chi connectivity index (χ1v) is 10.3.